The Bertz CT molecular complexity index is 7380. The van der Waals surface area contributed by atoms with Gasteiger partial charge in [0.15, 0.2) is 0 Å². The summed E-state index contributed by atoms with van der Waals surface area (Å²) in [5.41, 5.74) is 34.4. The lowest BCUT2D eigenvalue weighted by atomic mass is 9.78. The van der Waals surface area contributed by atoms with E-state index in [-0.39, 0.29) is 16.2 Å². The highest BCUT2D eigenvalue weighted by atomic mass is 14.8. The lowest BCUT2D eigenvalue weighted by molar-refractivity contribution is 0.661. The first-order chi connectivity index (χ1) is 57.3. The van der Waals surface area contributed by atoms with E-state index >= 15 is 0 Å². The third-order valence-electron chi connectivity index (χ3n) is 25.5. The molecule has 0 aliphatic heterocycles. The van der Waals surface area contributed by atoms with Crippen LogP contribution in [-0.2, 0) is 16.2 Å². The summed E-state index contributed by atoms with van der Waals surface area (Å²) in [5, 5.41) is 16.0. The predicted octanol–water partition coefficient (Wildman–Crippen LogP) is 29.3. The van der Waals surface area contributed by atoms with Crippen LogP contribution in [0.4, 0.5) is 0 Å². The summed E-state index contributed by atoms with van der Waals surface area (Å²) >= 11 is 0. The molecule has 16 aromatic carbocycles. The van der Waals surface area contributed by atoms with Crippen LogP contribution >= 0.6 is 0 Å². The molecule has 0 radical (unpaired) electrons. The molecule has 0 fully saturated rings. The number of hydrogen-bond donors (Lipinski definition) is 0. The van der Waals surface area contributed by atoms with E-state index in [4.69, 9.17) is 24.9 Å². The normalized spacial score (nSPS) is 13.6. The van der Waals surface area contributed by atoms with Crippen LogP contribution in [0.3, 0.4) is 0 Å². The maximum Gasteiger partial charge on any atom is 0.0780 e. The Hall–Kier alpha value is -14.4. The fourth-order valence-electron chi connectivity index (χ4n) is 19.9. The fraction of sp³-hybridized carbons (Fsp3) is 0.0804. The predicted molar refractivity (Wildman–Crippen MR) is 491 cm³/mol. The quantitative estimate of drug-likeness (QED) is 0.155. The first kappa shape index (κ1) is 69.3. The molecular weight excluding hydrogens is 1420 g/mol. The molecule has 0 bridgehead atoms. The highest BCUT2D eigenvalue weighted by Gasteiger charge is 2.43. The number of benzene rings is 16. The highest BCUT2D eigenvalue weighted by molar-refractivity contribution is 6.19. The van der Waals surface area contributed by atoms with Gasteiger partial charge in [0.2, 0.25) is 0 Å². The molecule has 0 saturated heterocycles. The SMILES string of the molecule is CC1(C)c2ccccc2-c2nc3ccc4ccccc4c3c(-c3ccc(-c4ccc5ccccc5c4)cc3)c21.CC1(C)c2ccccc2-c2nc3ccc4ccccc4c3c(-c3ccc(-c4cccc5cccnc45)cc3)c21.CC1(C)c2ccccc2-c2nc3ccc4ccccc4c3c(-c3ccc(-c4cnc5ccccc5c4)cc3)c21. The summed E-state index contributed by atoms with van der Waals surface area (Å²) in [6.07, 6.45) is 3.85. The molecule has 0 N–H and O–H groups in total. The van der Waals surface area contributed by atoms with Crippen molar-refractivity contribution in [1.29, 1.82) is 0 Å². The Kier molecular flexibility index (Phi) is 15.9. The summed E-state index contributed by atoms with van der Waals surface area (Å²) in [7, 11) is 0. The Labute approximate surface area is 680 Å². The molecule has 0 saturated carbocycles. The number of nitrogens with zero attached hydrogens (tertiary/aromatic N) is 5. The molecule has 3 aliphatic carbocycles. The first-order valence-corrected chi connectivity index (χ1v) is 40.7. The minimum absolute atomic E-state index is 0.156. The van der Waals surface area contributed by atoms with Gasteiger partial charge in [-0.05, 0) is 175 Å². The fourth-order valence-corrected chi connectivity index (χ4v) is 19.9. The molecule has 5 nitrogen and oxygen atoms in total. The number of hydrogen-bond acceptors (Lipinski definition) is 5. The third kappa shape index (κ3) is 11.1. The topological polar surface area (TPSA) is 64.5 Å². The Morgan fingerprint density at radius 3 is 1.02 bits per heavy atom. The second-order valence-electron chi connectivity index (χ2n) is 33.3. The van der Waals surface area contributed by atoms with E-state index < -0.39 is 0 Å². The zero-order chi connectivity index (χ0) is 78.4. The van der Waals surface area contributed by atoms with Gasteiger partial charge in [-0.1, -0.05) is 357 Å². The van der Waals surface area contributed by atoms with Gasteiger partial charge in [0.25, 0.3) is 0 Å². The second kappa shape index (κ2) is 26.9. The molecule has 117 heavy (non-hydrogen) atoms. The molecule has 3 aliphatic rings. The summed E-state index contributed by atoms with van der Waals surface area (Å²) in [6, 6.07) is 129. The van der Waals surface area contributed by atoms with Crippen LogP contribution in [0.1, 0.15) is 74.9 Å². The highest BCUT2D eigenvalue weighted by Crippen LogP contribution is 2.58. The van der Waals surface area contributed by atoms with Crippen molar-refractivity contribution in [3.8, 4) is 101 Å². The van der Waals surface area contributed by atoms with Gasteiger partial charge in [-0.2, -0.15) is 0 Å². The second-order valence-corrected chi connectivity index (χ2v) is 33.3. The average Bonchev–Trinajstić information content (AvgIpc) is 1.57. The van der Waals surface area contributed by atoms with Crippen molar-refractivity contribution in [3.05, 3.63) is 404 Å². The zero-order valence-electron chi connectivity index (χ0n) is 66.0. The molecule has 552 valence electrons. The maximum absolute atomic E-state index is 5.32. The Morgan fingerprint density at radius 2 is 0.547 bits per heavy atom. The van der Waals surface area contributed by atoms with E-state index in [0.29, 0.717) is 0 Å². The largest absolute Gasteiger partial charge is 0.256 e. The molecule has 5 heteroatoms. The Balaban J connectivity index is 0.000000106. The summed E-state index contributed by atoms with van der Waals surface area (Å²) < 4.78 is 0. The van der Waals surface area contributed by atoms with Crippen LogP contribution in [0.2, 0.25) is 0 Å². The van der Waals surface area contributed by atoms with E-state index in [9.17, 15) is 0 Å². The van der Waals surface area contributed by atoms with Crippen LogP contribution in [0.5, 0.6) is 0 Å². The van der Waals surface area contributed by atoms with E-state index in [0.717, 1.165) is 66.6 Å². The maximum atomic E-state index is 5.32. The minimum atomic E-state index is -0.169. The van der Waals surface area contributed by atoms with E-state index in [2.05, 4.69) is 387 Å². The van der Waals surface area contributed by atoms with Gasteiger partial charge in [-0.3, -0.25) is 9.97 Å². The Morgan fingerprint density at radius 1 is 0.214 bits per heavy atom. The summed E-state index contributed by atoms with van der Waals surface area (Å²) in [6.45, 7) is 14.1. The van der Waals surface area contributed by atoms with Crippen molar-refractivity contribution in [2.45, 2.75) is 57.8 Å². The summed E-state index contributed by atoms with van der Waals surface area (Å²) in [5.74, 6) is 0. The lowest BCUT2D eigenvalue weighted by Gasteiger charge is -2.25. The van der Waals surface area contributed by atoms with Crippen LogP contribution < -0.4 is 0 Å². The minimum Gasteiger partial charge on any atom is -0.256 e. The number of rotatable bonds is 6. The average molecular weight is 1490 g/mol. The zero-order valence-corrected chi connectivity index (χ0v) is 66.0. The molecule has 5 aromatic heterocycles. The number of pyridine rings is 5. The van der Waals surface area contributed by atoms with Gasteiger partial charge in [0, 0.05) is 83.4 Å². The van der Waals surface area contributed by atoms with Crippen molar-refractivity contribution in [2.24, 2.45) is 0 Å². The van der Waals surface area contributed by atoms with E-state index in [1.54, 1.807) is 0 Å². The standard InChI is InChI=1S/C38H27N.2C37H26N2/c1-38(2)32-14-8-7-13-31(32)37-36(38)34(35-30-12-6-5-10-26(30)21-22-33(35)39-37)27-18-15-25(16-19-27)29-20-17-24-9-3-4-11-28(24)23-29;1-37(2)30-13-7-6-12-29(30)36-35(37)33(34-28-11-5-3-9-24(28)19-20-32(34)39-36)25-17-15-23(16-18-25)27-21-26-10-4-8-14-31(26)38-22-27;1-37(2)30-15-6-5-13-29(30)36-34(37)32(33-27-12-4-3-9-23(27)20-21-31(33)39-36)25-18-16-24(17-19-25)28-14-7-10-26-11-8-22-38-35(26)28/h3-23H,1-2H3;2*3-22H,1-2H3. The number of fused-ring (bicyclic) bond motifs is 21. The lowest BCUT2D eigenvalue weighted by Crippen LogP contribution is -2.16. The van der Waals surface area contributed by atoms with Crippen molar-refractivity contribution >= 4 is 97.6 Å². The van der Waals surface area contributed by atoms with Gasteiger partial charge in [0.1, 0.15) is 0 Å². The summed E-state index contributed by atoms with van der Waals surface area (Å²) in [4.78, 5) is 25.3. The van der Waals surface area contributed by atoms with E-state index in [1.807, 2.05) is 24.5 Å². The molecule has 0 amide bonds. The monoisotopic (exact) mass is 1490 g/mol. The van der Waals surface area contributed by atoms with Gasteiger partial charge in [-0.25, -0.2) is 15.0 Å². The van der Waals surface area contributed by atoms with Crippen molar-refractivity contribution in [1.82, 2.24) is 24.9 Å². The molecule has 5 heterocycles. The first-order valence-electron chi connectivity index (χ1n) is 40.7. The molecule has 21 aromatic rings. The smallest absolute Gasteiger partial charge is 0.0780 e. The van der Waals surface area contributed by atoms with Gasteiger partial charge >= 0.3 is 0 Å². The molecule has 24 rings (SSSR count). The molecule has 0 spiro atoms. The number of para-hydroxylation sites is 2. The number of aromatic nitrogens is 5. The van der Waals surface area contributed by atoms with E-state index in [1.165, 1.54) is 165 Å². The van der Waals surface area contributed by atoms with Gasteiger partial charge in [0.05, 0.1) is 44.7 Å². The van der Waals surface area contributed by atoms with Crippen molar-refractivity contribution < 1.29 is 0 Å². The van der Waals surface area contributed by atoms with Crippen LogP contribution in [0, 0.1) is 0 Å². The molecule has 0 unspecified atom stereocenters. The van der Waals surface area contributed by atoms with Gasteiger partial charge in [-0.15, -0.1) is 0 Å². The van der Waals surface area contributed by atoms with Crippen LogP contribution in [0.15, 0.2) is 370 Å². The van der Waals surface area contributed by atoms with Crippen LogP contribution in [-0.4, -0.2) is 24.9 Å². The van der Waals surface area contributed by atoms with Crippen LogP contribution in [0.25, 0.3) is 198 Å². The van der Waals surface area contributed by atoms with Gasteiger partial charge < -0.3 is 0 Å². The third-order valence-corrected chi connectivity index (χ3v) is 25.5. The molecular formula is C112H79N5. The van der Waals surface area contributed by atoms with Crippen molar-refractivity contribution in [2.75, 3.05) is 0 Å². The molecule has 0 atom stereocenters. The van der Waals surface area contributed by atoms with Crippen molar-refractivity contribution in [3.63, 3.8) is 0 Å².